The third kappa shape index (κ3) is 3.83. The average molecular weight is 459 g/mol. The number of nitrogens with two attached hydrogens (primary N) is 1. The first-order chi connectivity index (χ1) is 16.2. The Morgan fingerprint density at radius 3 is 2.24 bits per heavy atom. The molecule has 174 valence electrons. The summed E-state index contributed by atoms with van der Waals surface area (Å²) >= 11 is 0. The Hall–Kier alpha value is -4.33. The lowest BCUT2D eigenvalue weighted by atomic mass is 10.1. The van der Waals surface area contributed by atoms with E-state index in [1.807, 2.05) is 55.8 Å². The van der Waals surface area contributed by atoms with Crippen molar-refractivity contribution < 1.29 is 14.3 Å². The van der Waals surface area contributed by atoms with Gasteiger partial charge in [-0.2, -0.15) is 0 Å². The number of benzene rings is 2. The third-order valence-corrected chi connectivity index (χ3v) is 5.99. The number of aromatic nitrogens is 3. The maximum atomic E-state index is 13.5. The summed E-state index contributed by atoms with van der Waals surface area (Å²) in [6.45, 7) is 5.26. The van der Waals surface area contributed by atoms with E-state index in [4.69, 9.17) is 10.5 Å². The Morgan fingerprint density at radius 1 is 0.912 bits per heavy atom. The van der Waals surface area contributed by atoms with Crippen molar-refractivity contribution >= 4 is 11.7 Å². The van der Waals surface area contributed by atoms with Gasteiger partial charge in [-0.25, -0.2) is 4.68 Å². The van der Waals surface area contributed by atoms with E-state index in [-0.39, 0.29) is 29.3 Å². The minimum absolute atomic E-state index is 0.182. The molecule has 2 N–H and O–H groups in total. The highest BCUT2D eigenvalue weighted by Gasteiger charge is 2.24. The Kier molecular flexibility index (Phi) is 5.98. The second-order valence-corrected chi connectivity index (χ2v) is 8.10. The second-order valence-electron chi connectivity index (χ2n) is 8.10. The lowest BCUT2D eigenvalue weighted by Gasteiger charge is -2.10. The van der Waals surface area contributed by atoms with Crippen LogP contribution in [0.1, 0.15) is 37.8 Å². The Bertz CT molecular complexity index is 1460. The molecule has 2 aromatic carbocycles. The molecule has 34 heavy (non-hydrogen) atoms. The van der Waals surface area contributed by atoms with Crippen LogP contribution in [0.5, 0.6) is 5.75 Å². The van der Waals surface area contributed by atoms with Crippen LogP contribution in [0.15, 0.2) is 65.5 Å². The quantitative estimate of drug-likeness (QED) is 0.430. The molecule has 2 aromatic heterocycles. The van der Waals surface area contributed by atoms with Gasteiger partial charge in [0.2, 0.25) is 5.78 Å². The van der Waals surface area contributed by atoms with Gasteiger partial charge in [0.05, 0.1) is 16.9 Å². The van der Waals surface area contributed by atoms with Gasteiger partial charge in [-0.1, -0.05) is 30.3 Å². The number of nitrogens with zero attached hydrogens (tertiary/aromatic N) is 3. The van der Waals surface area contributed by atoms with Crippen molar-refractivity contribution in [2.75, 3.05) is 6.61 Å². The Labute approximate surface area is 196 Å². The largest absolute Gasteiger partial charge is 0.485 e. The molecular weight excluding hydrogens is 432 g/mol. The summed E-state index contributed by atoms with van der Waals surface area (Å²) in [6, 6.07) is 17.7. The van der Waals surface area contributed by atoms with E-state index in [1.54, 1.807) is 46.6 Å². The van der Waals surface area contributed by atoms with Gasteiger partial charge >= 0.3 is 0 Å². The van der Waals surface area contributed by atoms with E-state index >= 15 is 0 Å². The predicted octanol–water partition coefficient (Wildman–Crippen LogP) is 3.25. The Balaban J connectivity index is 1.70. The zero-order valence-electron chi connectivity index (χ0n) is 19.5. The molecule has 8 nitrogen and oxygen atoms in total. The maximum absolute atomic E-state index is 13.5. The minimum atomic E-state index is -0.629. The van der Waals surface area contributed by atoms with E-state index in [0.717, 1.165) is 17.1 Å². The van der Waals surface area contributed by atoms with E-state index in [1.165, 1.54) is 0 Å². The van der Waals surface area contributed by atoms with Crippen LogP contribution in [0.2, 0.25) is 0 Å². The summed E-state index contributed by atoms with van der Waals surface area (Å²) in [7, 11) is 1.83. The highest BCUT2D eigenvalue weighted by Crippen LogP contribution is 2.24. The number of primary amides is 1. The second kappa shape index (κ2) is 8.90. The molecular formula is C26H26N4O4. The van der Waals surface area contributed by atoms with E-state index in [2.05, 4.69) is 0 Å². The highest BCUT2D eigenvalue weighted by atomic mass is 16.5. The number of Topliss-reactive ketones (excluding diaryl/α,β-unsaturated/α-hetero) is 1. The fraction of sp³-hybridized carbons (Fsp3) is 0.192. The van der Waals surface area contributed by atoms with Crippen molar-refractivity contribution in [3.63, 3.8) is 0 Å². The summed E-state index contributed by atoms with van der Waals surface area (Å²) in [5, 5.41) is 0. The van der Waals surface area contributed by atoms with Crippen molar-refractivity contribution in [3.8, 4) is 17.1 Å². The molecule has 0 spiro atoms. The fourth-order valence-electron chi connectivity index (χ4n) is 4.22. The molecule has 0 fully saturated rings. The molecule has 0 aliphatic heterocycles. The fourth-order valence-corrected chi connectivity index (χ4v) is 4.22. The van der Waals surface area contributed by atoms with Gasteiger partial charge in [-0.3, -0.25) is 19.1 Å². The minimum Gasteiger partial charge on any atom is -0.485 e. The molecule has 4 aromatic rings. The number of ether oxygens (including phenoxy) is 1. The van der Waals surface area contributed by atoms with Crippen LogP contribution in [-0.4, -0.2) is 32.2 Å². The molecule has 0 bridgehead atoms. The lowest BCUT2D eigenvalue weighted by molar-refractivity contribution is 0.0911. The number of hydrogen-bond donors (Lipinski definition) is 1. The molecule has 2 heterocycles. The number of ketones is 1. The number of carbonyl (C=O) groups excluding carboxylic acids is 2. The summed E-state index contributed by atoms with van der Waals surface area (Å²) in [4.78, 5) is 38.1. The first-order valence-corrected chi connectivity index (χ1v) is 10.8. The van der Waals surface area contributed by atoms with Crippen LogP contribution in [-0.2, 0) is 7.05 Å². The van der Waals surface area contributed by atoms with E-state index in [9.17, 15) is 14.4 Å². The highest BCUT2D eigenvalue weighted by molar-refractivity contribution is 5.99. The number of hydrogen-bond acceptors (Lipinski definition) is 4. The van der Waals surface area contributed by atoms with Gasteiger partial charge in [0.25, 0.3) is 11.5 Å². The van der Waals surface area contributed by atoms with Crippen molar-refractivity contribution in [3.05, 3.63) is 99.2 Å². The molecule has 4 rings (SSSR count). The predicted molar refractivity (Wildman–Crippen MR) is 129 cm³/mol. The van der Waals surface area contributed by atoms with Crippen molar-refractivity contribution in [1.29, 1.82) is 0 Å². The SMILES string of the molecule is Cc1cc(C(=O)COc2ccccc2C(N)=O)c(C)n1-c1c(C)n(C)n(-c2ccccc2)c1=O. The zero-order chi connectivity index (χ0) is 24.6. The number of para-hydroxylation sites is 2. The van der Waals surface area contributed by atoms with Crippen LogP contribution in [0.25, 0.3) is 11.4 Å². The molecule has 0 atom stereocenters. The van der Waals surface area contributed by atoms with Crippen LogP contribution >= 0.6 is 0 Å². The number of rotatable bonds is 7. The monoisotopic (exact) mass is 458 g/mol. The van der Waals surface area contributed by atoms with Gasteiger partial charge in [0.15, 0.2) is 6.61 Å². The summed E-state index contributed by atoms with van der Waals surface area (Å²) in [6.07, 6.45) is 0. The molecule has 1 amide bonds. The maximum Gasteiger partial charge on any atom is 0.295 e. The zero-order valence-corrected chi connectivity index (χ0v) is 19.5. The smallest absolute Gasteiger partial charge is 0.295 e. The first kappa shape index (κ1) is 22.8. The number of carbonyl (C=O) groups is 2. The number of aryl methyl sites for hydroxylation is 1. The summed E-state index contributed by atoms with van der Waals surface area (Å²) in [5.41, 5.74) is 9.26. The average Bonchev–Trinajstić information content (AvgIpc) is 3.23. The lowest BCUT2D eigenvalue weighted by Crippen LogP contribution is -2.22. The van der Waals surface area contributed by atoms with Gasteiger partial charge in [-0.15, -0.1) is 0 Å². The van der Waals surface area contributed by atoms with Crippen molar-refractivity contribution in [1.82, 2.24) is 13.9 Å². The number of amides is 1. The first-order valence-electron chi connectivity index (χ1n) is 10.8. The molecule has 0 aliphatic carbocycles. The molecule has 0 unspecified atom stereocenters. The van der Waals surface area contributed by atoms with Crippen molar-refractivity contribution in [2.24, 2.45) is 12.8 Å². The summed E-state index contributed by atoms with van der Waals surface area (Å²) in [5.74, 6) is -0.645. The van der Waals surface area contributed by atoms with Gasteiger partial charge in [-0.05, 0) is 51.1 Å². The van der Waals surface area contributed by atoms with Crippen LogP contribution in [0.3, 0.4) is 0 Å². The van der Waals surface area contributed by atoms with Gasteiger partial charge < -0.3 is 15.0 Å². The Morgan fingerprint density at radius 2 is 1.56 bits per heavy atom. The summed E-state index contributed by atoms with van der Waals surface area (Å²) < 4.78 is 10.8. The molecule has 8 heteroatoms. The topological polar surface area (TPSA) is 101 Å². The van der Waals surface area contributed by atoms with Gasteiger partial charge in [0.1, 0.15) is 11.4 Å². The van der Waals surface area contributed by atoms with E-state index < -0.39 is 5.91 Å². The standard InChI is InChI=1S/C26H26N4O4/c1-16-14-21(22(31)15-34-23-13-9-8-12-20(23)25(27)32)17(2)29(16)24-18(3)28(4)30(26(24)33)19-10-6-5-7-11-19/h5-14H,15H2,1-4H3,(H2,27,32). The van der Waals surface area contributed by atoms with Gasteiger partial charge in [0, 0.05) is 24.0 Å². The van der Waals surface area contributed by atoms with Crippen LogP contribution < -0.4 is 16.0 Å². The normalized spacial score (nSPS) is 10.9. The van der Waals surface area contributed by atoms with Crippen molar-refractivity contribution in [2.45, 2.75) is 20.8 Å². The molecule has 0 aliphatic rings. The molecule has 0 saturated heterocycles. The van der Waals surface area contributed by atoms with E-state index in [0.29, 0.717) is 16.9 Å². The third-order valence-electron chi connectivity index (χ3n) is 5.99. The molecule has 0 radical (unpaired) electrons. The molecule has 0 saturated carbocycles. The van der Waals surface area contributed by atoms with Crippen LogP contribution in [0, 0.1) is 20.8 Å². The van der Waals surface area contributed by atoms with Crippen LogP contribution in [0.4, 0.5) is 0 Å².